The number of hydrogen-bond donors (Lipinski definition) is 1. The fourth-order valence-corrected chi connectivity index (χ4v) is 2.43. The summed E-state index contributed by atoms with van der Waals surface area (Å²) in [6.07, 6.45) is 0.201. The third-order valence-corrected chi connectivity index (χ3v) is 3.62. The van der Waals surface area contributed by atoms with Gasteiger partial charge in [-0.15, -0.1) is 13.2 Å². The molecule has 0 spiro atoms. The Labute approximate surface area is 152 Å². The van der Waals surface area contributed by atoms with E-state index in [0.29, 0.717) is 5.69 Å². The molecule has 3 aromatic rings. The third-order valence-electron chi connectivity index (χ3n) is 3.62. The van der Waals surface area contributed by atoms with E-state index >= 15 is 0 Å². The summed E-state index contributed by atoms with van der Waals surface area (Å²) in [4.78, 5) is 20.6. The number of benzene rings is 1. The number of rotatable bonds is 5. The number of aromatic nitrogens is 2. The van der Waals surface area contributed by atoms with Gasteiger partial charge in [0.1, 0.15) is 5.75 Å². The molecule has 0 aliphatic heterocycles. The third kappa shape index (κ3) is 5.04. The van der Waals surface area contributed by atoms with Gasteiger partial charge in [0.15, 0.2) is 0 Å². The Bertz CT molecular complexity index is 913. The summed E-state index contributed by atoms with van der Waals surface area (Å²) in [6.45, 7) is 0.206. The minimum atomic E-state index is -4.77. The van der Waals surface area contributed by atoms with Gasteiger partial charge in [0.2, 0.25) is 0 Å². The van der Waals surface area contributed by atoms with Crippen LogP contribution < -0.4 is 10.1 Å². The van der Waals surface area contributed by atoms with E-state index in [1.165, 1.54) is 12.1 Å². The van der Waals surface area contributed by atoms with E-state index in [1.807, 2.05) is 12.1 Å². The van der Waals surface area contributed by atoms with Gasteiger partial charge < -0.3 is 10.1 Å². The molecule has 138 valence electrons. The van der Waals surface area contributed by atoms with Crippen LogP contribution in [0.5, 0.6) is 5.75 Å². The van der Waals surface area contributed by atoms with E-state index in [1.54, 1.807) is 30.7 Å². The highest BCUT2D eigenvalue weighted by Gasteiger charge is 2.31. The maximum absolute atomic E-state index is 12.3. The molecule has 2 heterocycles. The van der Waals surface area contributed by atoms with Gasteiger partial charge in [-0.05, 0) is 48.0 Å². The first-order valence-corrected chi connectivity index (χ1v) is 7.91. The van der Waals surface area contributed by atoms with Crippen LogP contribution >= 0.6 is 0 Å². The van der Waals surface area contributed by atoms with Crippen LogP contribution in [0.3, 0.4) is 0 Å². The number of halogens is 3. The van der Waals surface area contributed by atoms with Gasteiger partial charge in [-0.3, -0.25) is 14.8 Å². The minimum Gasteiger partial charge on any atom is -0.406 e. The van der Waals surface area contributed by atoms with Crippen molar-refractivity contribution in [3.05, 3.63) is 78.2 Å². The van der Waals surface area contributed by atoms with Crippen LogP contribution in [0.25, 0.3) is 11.3 Å². The number of nitrogens with zero attached hydrogens (tertiary/aromatic N) is 2. The summed E-state index contributed by atoms with van der Waals surface area (Å²) in [5, 5.41) is 2.73. The fraction of sp³-hybridized carbons (Fsp3) is 0.105. The van der Waals surface area contributed by atoms with E-state index in [0.717, 1.165) is 23.3 Å². The van der Waals surface area contributed by atoms with E-state index in [9.17, 15) is 18.0 Å². The number of carbonyl (C=O) groups is 1. The molecule has 0 unspecified atom stereocenters. The summed E-state index contributed by atoms with van der Waals surface area (Å²) in [5.74, 6) is -0.806. The molecule has 3 rings (SSSR count). The summed E-state index contributed by atoms with van der Waals surface area (Å²) in [5.41, 5.74) is 2.52. The topological polar surface area (TPSA) is 64.1 Å². The molecular formula is C19H14F3N3O2. The second-order valence-electron chi connectivity index (χ2n) is 5.51. The Balaban J connectivity index is 1.68. The highest BCUT2D eigenvalue weighted by molar-refractivity contribution is 5.94. The molecule has 0 aliphatic carbocycles. The number of nitrogens with one attached hydrogen (secondary N) is 1. The average Bonchev–Trinajstić information content (AvgIpc) is 2.66. The normalized spacial score (nSPS) is 11.1. The van der Waals surface area contributed by atoms with Crippen LogP contribution in [0.15, 0.2) is 67.1 Å². The molecule has 1 N–H and O–H groups in total. The molecule has 0 radical (unpaired) electrons. The molecule has 5 nitrogen and oxygen atoms in total. The van der Waals surface area contributed by atoms with Gasteiger partial charge in [-0.1, -0.05) is 6.07 Å². The zero-order valence-electron chi connectivity index (χ0n) is 13.9. The van der Waals surface area contributed by atoms with Crippen LogP contribution in [0, 0.1) is 0 Å². The second kappa shape index (κ2) is 7.86. The molecule has 2 aromatic heterocycles. The van der Waals surface area contributed by atoms with Crippen molar-refractivity contribution in [3.8, 4) is 17.0 Å². The number of ether oxygens (including phenoxy) is 1. The molecule has 8 heteroatoms. The maximum Gasteiger partial charge on any atom is 0.573 e. The van der Waals surface area contributed by atoms with Gasteiger partial charge in [-0.25, -0.2) is 0 Å². The fourth-order valence-electron chi connectivity index (χ4n) is 2.43. The number of carbonyl (C=O) groups excluding carboxylic acids is 1. The molecule has 0 fully saturated rings. The van der Waals surface area contributed by atoms with Crippen LogP contribution in [-0.2, 0) is 6.54 Å². The van der Waals surface area contributed by atoms with Gasteiger partial charge in [0, 0.05) is 36.3 Å². The standard InChI is InChI=1S/C19H14F3N3O2/c20-19(21,22)27-16-7-5-13(6-8-16)18(26)25-12-15-4-2-10-24-17(15)14-3-1-9-23-11-14/h1-11H,12H2,(H,25,26). The molecule has 1 amide bonds. The zero-order valence-corrected chi connectivity index (χ0v) is 13.9. The summed E-state index contributed by atoms with van der Waals surface area (Å²) >= 11 is 0. The van der Waals surface area contributed by atoms with E-state index in [2.05, 4.69) is 20.0 Å². The number of pyridine rings is 2. The van der Waals surface area contributed by atoms with E-state index < -0.39 is 12.3 Å². The van der Waals surface area contributed by atoms with Crippen molar-refractivity contribution < 1.29 is 22.7 Å². The molecular weight excluding hydrogens is 359 g/mol. The van der Waals surface area contributed by atoms with Crippen LogP contribution in [0.1, 0.15) is 15.9 Å². The van der Waals surface area contributed by atoms with Gasteiger partial charge >= 0.3 is 6.36 Å². The molecule has 0 saturated carbocycles. The van der Waals surface area contributed by atoms with Crippen molar-refractivity contribution in [2.24, 2.45) is 0 Å². The average molecular weight is 373 g/mol. The lowest BCUT2D eigenvalue weighted by Crippen LogP contribution is -2.23. The zero-order chi connectivity index (χ0) is 19.3. The van der Waals surface area contributed by atoms with Crippen LogP contribution in [-0.4, -0.2) is 22.2 Å². The van der Waals surface area contributed by atoms with Gasteiger partial charge in [-0.2, -0.15) is 0 Å². The quantitative estimate of drug-likeness (QED) is 0.735. The lowest BCUT2D eigenvalue weighted by atomic mass is 10.1. The summed E-state index contributed by atoms with van der Waals surface area (Å²) in [6, 6.07) is 11.9. The predicted octanol–water partition coefficient (Wildman–Crippen LogP) is 3.97. The Morgan fingerprint density at radius 3 is 2.44 bits per heavy atom. The largest absolute Gasteiger partial charge is 0.573 e. The van der Waals surface area contributed by atoms with Crippen molar-refractivity contribution in [2.75, 3.05) is 0 Å². The Morgan fingerprint density at radius 1 is 1.04 bits per heavy atom. The minimum absolute atomic E-state index is 0.206. The van der Waals surface area contributed by atoms with Crippen molar-refractivity contribution in [2.45, 2.75) is 12.9 Å². The molecule has 27 heavy (non-hydrogen) atoms. The van der Waals surface area contributed by atoms with E-state index in [4.69, 9.17) is 0 Å². The smallest absolute Gasteiger partial charge is 0.406 e. The first-order chi connectivity index (χ1) is 12.9. The summed E-state index contributed by atoms with van der Waals surface area (Å²) in [7, 11) is 0. The van der Waals surface area contributed by atoms with Gasteiger partial charge in [0.05, 0.1) is 5.69 Å². The molecule has 0 saturated heterocycles. The van der Waals surface area contributed by atoms with Crippen LogP contribution in [0.4, 0.5) is 13.2 Å². The number of alkyl halides is 3. The lowest BCUT2D eigenvalue weighted by Gasteiger charge is -2.11. The van der Waals surface area contributed by atoms with Crippen molar-refractivity contribution >= 4 is 5.91 Å². The Hall–Kier alpha value is -3.42. The van der Waals surface area contributed by atoms with Crippen molar-refractivity contribution in [1.82, 2.24) is 15.3 Å². The molecule has 0 atom stereocenters. The SMILES string of the molecule is O=C(NCc1cccnc1-c1cccnc1)c1ccc(OC(F)(F)F)cc1. The molecule has 0 aliphatic rings. The Morgan fingerprint density at radius 2 is 1.78 bits per heavy atom. The summed E-state index contributed by atoms with van der Waals surface area (Å²) < 4.78 is 40.3. The molecule has 0 bridgehead atoms. The van der Waals surface area contributed by atoms with Gasteiger partial charge in [0.25, 0.3) is 5.91 Å². The molecule has 1 aromatic carbocycles. The van der Waals surface area contributed by atoms with E-state index in [-0.39, 0.29) is 17.9 Å². The monoisotopic (exact) mass is 373 g/mol. The van der Waals surface area contributed by atoms with Crippen molar-refractivity contribution in [3.63, 3.8) is 0 Å². The number of hydrogen-bond acceptors (Lipinski definition) is 4. The van der Waals surface area contributed by atoms with Crippen LogP contribution in [0.2, 0.25) is 0 Å². The maximum atomic E-state index is 12.3. The second-order valence-corrected chi connectivity index (χ2v) is 5.51. The first-order valence-electron chi connectivity index (χ1n) is 7.91. The lowest BCUT2D eigenvalue weighted by molar-refractivity contribution is -0.274. The predicted molar refractivity (Wildman–Crippen MR) is 91.8 cm³/mol. The highest BCUT2D eigenvalue weighted by Crippen LogP contribution is 2.23. The van der Waals surface area contributed by atoms with Crippen molar-refractivity contribution in [1.29, 1.82) is 0 Å². The Kier molecular flexibility index (Phi) is 5.35. The first kappa shape index (κ1) is 18.4. The number of amides is 1. The highest BCUT2D eigenvalue weighted by atomic mass is 19.4.